The molecule has 2 aromatic rings. The molecule has 0 aromatic heterocycles. The lowest BCUT2D eigenvalue weighted by molar-refractivity contribution is 0.102. The summed E-state index contributed by atoms with van der Waals surface area (Å²) < 4.78 is 0. The molecule has 1 aliphatic rings. The molecule has 0 radical (unpaired) electrons. The summed E-state index contributed by atoms with van der Waals surface area (Å²) in [6, 6.07) is 13.7. The minimum atomic E-state index is -0.0520. The number of amides is 1. The van der Waals surface area contributed by atoms with E-state index in [1.165, 1.54) is 5.56 Å². The first-order valence-corrected chi connectivity index (χ1v) is 6.98. The van der Waals surface area contributed by atoms with Crippen LogP contribution in [0.25, 0.3) is 0 Å². The van der Waals surface area contributed by atoms with Crippen molar-refractivity contribution < 1.29 is 4.79 Å². The average Bonchev–Trinajstić information content (AvgIpc) is 2.48. The van der Waals surface area contributed by atoms with Crippen LogP contribution in [-0.4, -0.2) is 12.5 Å². The fraction of sp³-hybridized carbons (Fsp3) is 0.235. The normalized spacial score (nSPS) is 13.2. The minimum Gasteiger partial charge on any atom is -0.383 e. The quantitative estimate of drug-likeness (QED) is 0.872. The third-order valence-corrected chi connectivity index (χ3v) is 3.71. The molecule has 0 unspecified atom stereocenters. The van der Waals surface area contributed by atoms with Crippen LogP contribution in [0.4, 0.5) is 11.4 Å². The molecule has 0 aliphatic carbocycles. The number of hydrogen-bond acceptors (Lipinski definition) is 2. The van der Waals surface area contributed by atoms with Gasteiger partial charge in [-0.15, -0.1) is 0 Å². The molecule has 0 saturated heterocycles. The summed E-state index contributed by atoms with van der Waals surface area (Å²) in [7, 11) is 0. The summed E-state index contributed by atoms with van der Waals surface area (Å²) in [4.78, 5) is 12.4. The summed E-state index contributed by atoms with van der Waals surface area (Å²) >= 11 is 0. The van der Waals surface area contributed by atoms with E-state index in [0.29, 0.717) is 0 Å². The molecule has 1 amide bonds. The standard InChI is InChI=1S/C17H18N2O/c1-12-6-2-3-9-14(12)17(20)19-15-10-4-7-13-8-5-11-18-16(13)15/h2-4,6-7,9-10,18H,5,8,11H2,1H3,(H,19,20). The topological polar surface area (TPSA) is 41.1 Å². The third-order valence-electron chi connectivity index (χ3n) is 3.71. The van der Waals surface area contributed by atoms with E-state index < -0.39 is 0 Å². The number of rotatable bonds is 2. The van der Waals surface area contributed by atoms with Gasteiger partial charge in [-0.05, 0) is 43.0 Å². The van der Waals surface area contributed by atoms with Gasteiger partial charge in [-0.1, -0.05) is 30.3 Å². The zero-order valence-corrected chi connectivity index (χ0v) is 11.6. The largest absolute Gasteiger partial charge is 0.383 e. The Kier molecular flexibility index (Phi) is 3.42. The average molecular weight is 266 g/mol. The first-order chi connectivity index (χ1) is 9.75. The Hall–Kier alpha value is -2.29. The molecule has 0 bridgehead atoms. The number of aryl methyl sites for hydroxylation is 2. The second-order valence-corrected chi connectivity index (χ2v) is 5.14. The Morgan fingerprint density at radius 1 is 1.15 bits per heavy atom. The van der Waals surface area contributed by atoms with Gasteiger partial charge in [-0.25, -0.2) is 0 Å². The lowest BCUT2D eigenvalue weighted by atomic mass is 10.0. The van der Waals surface area contributed by atoms with E-state index in [9.17, 15) is 4.79 Å². The van der Waals surface area contributed by atoms with Crippen LogP contribution in [0.15, 0.2) is 42.5 Å². The van der Waals surface area contributed by atoms with Crippen molar-refractivity contribution >= 4 is 17.3 Å². The first-order valence-electron chi connectivity index (χ1n) is 6.98. The first kappa shape index (κ1) is 12.7. The van der Waals surface area contributed by atoms with Gasteiger partial charge in [-0.2, -0.15) is 0 Å². The summed E-state index contributed by atoms with van der Waals surface area (Å²) in [5, 5.41) is 6.41. The molecular weight excluding hydrogens is 248 g/mol. The van der Waals surface area contributed by atoms with E-state index in [4.69, 9.17) is 0 Å². The number of para-hydroxylation sites is 1. The molecule has 1 aliphatic heterocycles. The van der Waals surface area contributed by atoms with E-state index >= 15 is 0 Å². The smallest absolute Gasteiger partial charge is 0.255 e. The van der Waals surface area contributed by atoms with Gasteiger partial charge in [0.15, 0.2) is 0 Å². The molecule has 0 saturated carbocycles. The van der Waals surface area contributed by atoms with Gasteiger partial charge < -0.3 is 10.6 Å². The second-order valence-electron chi connectivity index (χ2n) is 5.14. The second kappa shape index (κ2) is 5.37. The SMILES string of the molecule is Cc1ccccc1C(=O)Nc1cccc2c1NCCC2. The Morgan fingerprint density at radius 2 is 2.00 bits per heavy atom. The molecule has 3 nitrogen and oxygen atoms in total. The maximum absolute atomic E-state index is 12.4. The maximum atomic E-state index is 12.4. The molecular formula is C17H18N2O. The lowest BCUT2D eigenvalue weighted by Crippen LogP contribution is -2.18. The van der Waals surface area contributed by atoms with Crippen LogP contribution in [0, 0.1) is 6.92 Å². The van der Waals surface area contributed by atoms with Gasteiger partial charge in [0.2, 0.25) is 0 Å². The molecule has 2 aromatic carbocycles. The van der Waals surface area contributed by atoms with Crippen LogP contribution >= 0.6 is 0 Å². The Balaban J connectivity index is 1.89. The molecule has 20 heavy (non-hydrogen) atoms. The Morgan fingerprint density at radius 3 is 2.85 bits per heavy atom. The molecule has 3 heteroatoms. The highest BCUT2D eigenvalue weighted by molar-refractivity contribution is 6.07. The lowest BCUT2D eigenvalue weighted by Gasteiger charge is -2.21. The fourth-order valence-electron chi connectivity index (χ4n) is 2.63. The van der Waals surface area contributed by atoms with Crippen molar-refractivity contribution in [3.8, 4) is 0 Å². The number of anilines is 2. The molecule has 0 atom stereocenters. The van der Waals surface area contributed by atoms with E-state index in [-0.39, 0.29) is 5.91 Å². The van der Waals surface area contributed by atoms with Gasteiger partial charge in [0.1, 0.15) is 0 Å². The summed E-state index contributed by atoms with van der Waals surface area (Å²) in [6.07, 6.45) is 2.21. The molecule has 102 valence electrons. The van der Waals surface area contributed by atoms with Gasteiger partial charge in [0.05, 0.1) is 11.4 Å². The van der Waals surface area contributed by atoms with Crippen molar-refractivity contribution in [2.24, 2.45) is 0 Å². The molecule has 0 fully saturated rings. The zero-order chi connectivity index (χ0) is 13.9. The number of hydrogen-bond donors (Lipinski definition) is 2. The minimum absolute atomic E-state index is 0.0520. The van der Waals surface area contributed by atoms with Crippen molar-refractivity contribution in [3.05, 3.63) is 59.2 Å². The Bertz CT molecular complexity index is 649. The van der Waals surface area contributed by atoms with Crippen molar-refractivity contribution in [2.75, 3.05) is 17.2 Å². The number of carbonyl (C=O) groups is 1. The van der Waals surface area contributed by atoms with E-state index in [1.54, 1.807) is 0 Å². The highest BCUT2D eigenvalue weighted by Crippen LogP contribution is 2.30. The molecule has 2 N–H and O–H groups in total. The predicted molar refractivity (Wildman–Crippen MR) is 82.4 cm³/mol. The summed E-state index contributed by atoms with van der Waals surface area (Å²) in [5.41, 5.74) is 4.93. The van der Waals surface area contributed by atoms with Crippen molar-refractivity contribution in [1.29, 1.82) is 0 Å². The van der Waals surface area contributed by atoms with E-state index in [2.05, 4.69) is 16.7 Å². The molecule has 1 heterocycles. The molecule has 0 spiro atoms. The maximum Gasteiger partial charge on any atom is 0.255 e. The van der Waals surface area contributed by atoms with Crippen molar-refractivity contribution in [1.82, 2.24) is 0 Å². The van der Waals surface area contributed by atoms with Crippen molar-refractivity contribution in [3.63, 3.8) is 0 Å². The van der Waals surface area contributed by atoms with Gasteiger partial charge in [-0.3, -0.25) is 4.79 Å². The highest BCUT2D eigenvalue weighted by Gasteiger charge is 2.15. The number of fused-ring (bicyclic) bond motifs is 1. The van der Waals surface area contributed by atoms with E-state index in [0.717, 1.165) is 41.9 Å². The van der Waals surface area contributed by atoms with Crippen molar-refractivity contribution in [2.45, 2.75) is 19.8 Å². The van der Waals surface area contributed by atoms with Crippen LogP contribution in [0.5, 0.6) is 0 Å². The fourth-order valence-corrected chi connectivity index (χ4v) is 2.63. The Labute approximate surface area is 119 Å². The van der Waals surface area contributed by atoms with Gasteiger partial charge >= 0.3 is 0 Å². The zero-order valence-electron chi connectivity index (χ0n) is 11.6. The van der Waals surface area contributed by atoms with Crippen LogP contribution in [0.3, 0.4) is 0 Å². The summed E-state index contributed by atoms with van der Waals surface area (Å²) in [5.74, 6) is -0.0520. The highest BCUT2D eigenvalue weighted by atomic mass is 16.1. The van der Waals surface area contributed by atoms with Gasteiger partial charge in [0.25, 0.3) is 5.91 Å². The number of nitrogens with one attached hydrogen (secondary N) is 2. The van der Waals surface area contributed by atoms with Crippen LogP contribution < -0.4 is 10.6 Å². The van der Waals surface area contributed by atoms with Crippen LogP contribution in [0.2, 0.25) is 0 Å². The van der Waals surface area contributed by atoms with Gasteiger partial charge in [0, 0.05) is 12.1 Å². The predicted octanol–water partition coefficient (Wildman–Crippen LogP) is 3.61. The molecule has 3 rings (SSSR count). The van der Waals surface area contributed by atoms with E-state index in [1.807, 2.05) is 43.3 Å². The summed E-state index contributed by atoms with van der Waals surface area (Å²) in [6.45, 7) is 2.91. The number of benzene rings is 2. The third kappa shape index (κ3) is 2.39. The van der Waals surface area contributed by atoms with Crippen LogP contribution in [0.1, 0.15) is 27.9 Å². The van der Waals surface area contributed by atoms with Crippen LogP contribution in [-0.2, 0) is 6.42 Å². The number of carbonyl (C=O) groups excluding carboxylic acids is 1. The monoisotopic (exact) mass is 266 g/mol.